The van der Waals surface area contributed by atoms with Crippen molar-refractivity contribution >= 4 is 11.8 Å². The summed E-state index contributed by atoms with van der Waals surface area (Å²) in [6.07, 6.45) is 13.9. The minimum absolute atomic E-state index is 0.110. The fourth-order valence-corrected chi connectivity index (χ4v) is 2.72. The normalized spacial score (nSPS) is 25.2. The maximum Gasteiger partial charge on any atom is 0.223 e. The van der Waals surface area contributed by atoms with E-state index in [2.05, 4.69) is 34.9 Å². The SMILES string of the molecule is O=C(NCCNC(=O)C1CC=CCC1)C1CC=CCC1. The molecule has 2 amide bonds. The zero-order valence-corrected chi connectivity index (χ0v) is 11.9. The quantitative estimate of drug-likeness (QED) is 0.595. The molecule has 2 N–H and O–H groups in total. The van der Waals surface area contributed by atoms with E-state index in [9.17, 15) is 9.59 Å². The topological polar surface area (TPSA) is 58.2 Å². The molecule has 4 heteroatoms. The van der Waals surface area contributed by atoms with Crippen LogP contribution in [0.25, 0.3) is 0 Å². The largest absolute Gasteiger partial charge is 0.354 e. The maximum atomic E-state index is 11.9. The molecule has 0 aromatic heterocycles. The minimum Gasteiger partial charge on any atom is -0.354 e. The molecule has 0 aromatic rings. The molecule has 2 aliphatic carbocycles. The van der Waals surface area contributed by atoms with E-state index in [0.29, 0.717) is 13.1 Å². The van der Waals surface area contributed by atoms with E-state index in [0.717, 1.165) is 38.5 Å². The molecular formula is C16H24N2O2. The second kappa shape index (κ2) is 7.88. The van der Waals surface area contributed by atoms with Crippen molar-refractivity contribution in [2.45, 2.75) is 38.5 Å². The van der Waals surface area contributed by atoms with E-state index in [1.165, 1.54) is 0 Å². The Bertz CT molecular complexity index is 363. The molecular weight excluding hydrogens is 252 g/mol. The Labute approximate surface area is 120 Å². The average Bonchev–Trinajstić information content (AvgIpc) is 2.53. The van der Waals surface area contributed by atoms with Gasteiger partial charge in [-0.05, 0) is 38.5 Å². The third-order valence-electron chi connectivity index (χ3n) is 4.00. The number of rotatable bonds is 5. The number of carbonyl (C=O) groups is 2. The summed E-state index contributed by atoms with van der Waals surface area (Å²) in [5, 5.41) is 5.82. The summed E-state index contributed by atoms with van der Waals surface area (Å²) < 4.78 is 0. The highest BCUT2D eigenvalue weighted by atomic mass is 16.2. The first-order valence-corrected chi connectivity index (χ1v) is 7.63. The average molecular weight is 276 g/mol. The highest BCUT2D eigenvalue weighted by Crippen LogP contribution is 2.18. The fraction of sp³-hybridized carbons (Fsp3) is 0.625. The Kier molecular flexibility index (Phi) is 5.84. The van der Waals surface area contributed by atoms with Crippen LogP contribution in [0.3, 0.4) is 0 Å². The number of hydrogen-bond acceptors (Lipinski definition) is 2. The van der Waals surface area contributed by atoms with Crippen LogP contribution in [0.5, 0.6) is 0 Å². The van der Waals surface area contributed by atoms with Crippen molar-refractivity contribution in [1.29, 1.82) is 0 Å². The van der Waals surface area contributed by atoms with Gasteiger partial charge in [0, 0.05) is 24.9 Å². The summed E-state index contributed by atoms with van der Waals surface area (Å²) in [4.78, 5) is 23.8. The first-order chi connectivity index (χ1) is 9.77. The third-order valence-corrected chi connectivity index (χ3v) is 4.00. The lowest BCUT2D eigenvalue weighted by molar-refractivity contribution is -0.127. The molecule has 0 aliphatic heterocycles. The second-order valence-corrected chi connectivity index (χ2v) is 5.54. The van der Waals surface area contributed by atoms with Gasteiger partial charge >= 0.3 is 0 Å². The second-order valence-electron chi connectivity index (χ2n) is 5.54. The summed E-state index contributed by atoms with van der Waals surface area (Å²) in [7, 11) is 0. The number of carbonyl (C=O) groups excluding carboxylic acids is 2. The lowest BCUT2D eigenvalue weighted by Crippen LogP contribution is -2.39. The molecule has 0 saturated heterocycles. The highest BCUT2D eigenvalue weighted by molar-refractivity contribution is 5.80. The monoisotopic (exact) mass is 276 g/mol. The molecule has 2 rings (SSSR count). The summed E-state index contributed by atoms with van der Waals surface area (Å²) in [5.41, 5.74) is 0. The van der Waals surface area contributed by atoms with Crippen molar-refractivity contribution < 1.29 is 9.59 Å². The zero-order chi connectivity index (χ0) is 14.2. The third kappa shape index (κ3) is 4.51. The van der Waals surface area contributed by atoms with Gasteiger partial charge in [0.25, 0.3) is 0 Å². The molecule has 20 heavy (non-hydrogen) atoms. The first kappa shape index (κ1) is 14.8. The van der Waals surface area contributed by atoms with Gasteiger partial charge in [0.1, 0.15) is 0 Å². The van der Waals surface area contributed by atoms with Crippen molar-refractivity contribution in [3.8, 4) is 0 Å². The van der Waals surface area contributed by atoms with Crippen LogP contribution < -0.4 is 10.6 Å². The smallest absolute Gasteiger partial charge is 0.223 e. The van der Waals surface area contributed by atoms with Crippen LogP contribution in [-0.4, -0.2) is 24.9 Å². The summed E-state index contributed by atoms with van der Waals surface area (Å²) in [6.45, 7) is 1.04. The first-order valence-electron chi connectivity index (χ1n) is 7.63. The van der Waals surface area contributed by atoms with Crippen LogP contribution in [0, 0.1) is 11.8 Å². The van der Waals surface area contributed by atoms with Gasteiger partial charge in [-0.1, -0.05) is 24.3 Å². The van der Waals surface area contributed by atoms with Crippen molar-refractivity contribution in [3.05, 3.63) is 24.3 Å². The molecule has 2 atom stereocenters. The molecule has 0 heterocycles. The number of amides is 2. The van der Waals surface area contributed by atoms with Crippen molar-refractivity contribution in [1.82, 2.24) is 10.6 Å². The molecule has 0 radical (unpaired) electrons. The maximum absolute atomic E-state index is 11.9. The molecule has 110 valence electrons. The van der Waals surface area contributed by atoms with E-state index in [1.807, 2.05) is 0 Å². The van der Waals surface area contributed by atoms with Crippen LogP contribution in [0.15, 0.2) is 24.3 Å². The van der Waals surface area contributed by atoms with Gasteiger partial charge in [-0.3, -0.25) is 9.59 Å². The van der Waals surface area contributed by atoms with Gasteiger partial charge in [0.05, 0.1) is 0 Å². The van der Waals surface area contributed by atoms with E-state index in [4.69, 9.17) is 0 Å². The summed E-state index contributed by atoms with van der Waals surface area (Å²) in [5.74, 6) is 0.451. The van der Waals surface area contributed by atoms with Crippen LogP contribution in [0.1, 0.15) is 38.5 Å². The van der Waals surface area contributed by atoms with Gasteiger partial charge < -0.3 is 10.6 Å². The molecule has 0 fully saturated rings. The Hall–Kier alpha value is -1.58. The molecule has 4 nitrogen and oxygen atoms in total. The number of nitrogens with one attached hydrogen (secondary N) is 2. The van der Waals surface area contributed by atoms with Crippen LogP contribution >= 0.6 is 0 Å². The molecule has 0 saturated carbocycles. The summed E-state index contributed by atoms with van der Waals surface area (Å²) >= 11 is 0. The Morgan fingerprint density at radius 2 is 1.25 bits per heavy atom. The van der Waals surface area contributed by atoms with E-state index < -0.39 is 0 Å². The van der Waals surface area contributed by atoms with Crippen molar-refractivity contribution in [3.63, 3.8) is 0 Å². The molecule has 2 aliphatic rings. The van der Waals surface area contributed by atoms with Gasteiger partial charge in [-0.15, -0.1) is 0 Å². The minimum atomic E-state index is 0.110. The predicted octanol–water partition coefficient (Wildman–Crippen LogP) is 1.93. The van der Waals surface area contributed by atoms with Crippen molar-refractivity contribution in [2.75, 3.05) is 13.1 Å². The zero-order valence-electron chi connectivity index (χ0n) is 11.9. The number of hydrogen-bond donors (Lipinski definition) is 2. The van der Waals surface area contributed by atoms with E-state index >= 15 is 0 Å². The van der Waals surface area contributed by atoms with Crippen LogP contribution in [-0.2, 0) is 9.59 Å². The highest BCUT2D eigenvalue weighted by Gasteiger charge is 2.19. The van der Waals surface area contributed by atoms with Gasteiger partial charge in [0.2, 0.25) is 11.8 Å². The lowest BCUT2D eigenvalue weighted by Gasteiger charge is -2.19. The summed E-state index contributed by atoms with van der Waals surface area (Å²) in [6, 6.07) is 0. The van der Waals surface area contributed by atoms with Gasteiger partial charge in [-0.25, -0.2) is 0 Å². The molecule has 2 unspecified atom stereocenters. The Morgan fingerprint density at radius 3 is 1.60 bits per heavy atom. The Morgan fingerprint density at radius 1 is 0.800 bits per heavy atom. The Balaban J connectivity index is 1.58. The molecule has 0 spiro atoms. The lowest BCUT2D eigenvalue weighted by atomic mass is 9.93. The molecule has 0 aromatic carbocycles. The number of allylic oxidation sites excluding steroid dienone is 4. The van der Waals surface area contributed by atoms with Gasteiger partial charge in [0.15, 0.2) is 0 Å². The van der Waals surface area contributed by atoms with Crippen LogP contribution in [0.4, 0.5) is 0 Å². The standard InChI is InChI=1S/C16H24N2O2/c19-15(13-7-3-1-4-8-13)17-11-12-18-16(20)14-9-5-2-6-10-14/h1-3,5,13-14H,4,6-12H2,(H,17,19)(H,18,20). The van der Waals surface area contributed by atoms with E-state index in [1.54, 1.807) is 0 Å². The van der Waals surface area contributed by atoms with Gasteiger partial charge in [-0.2, -0.15) is 0 Å². The predicted molar refractivity (Wildman–Crippen MR) is 79.0 cm³/mol. The van der Waals surface area contributed by atoms with Crippen LogP contribution in [0.2, 0.25) is 0 Å². The van der Waals surface area contributed by atoms with E-state index in [-0.39, 0.29) is 23.7 Å². The molecule has 0 bridgehead atoms. The van der Waals surface area contributed by atoms with Crippen molar-refractivity contribution in [2.24, 2.45) is 11.8 Å². The fourth-order valence-electron chi connectivity index (χ4n) is 2.72.